The molecule has 0 saturated heterocycles. The maximum atomic E-state index is 5.63. The standard InChI is InChI=1S/C11H24IN/c1-4-9(2)6-5-7-11(12)10(3)8-13/h9-11H,4-8,13H2,1-3H3. The number of nitrogens with two attached hydrogens (primary N) is 1. The smallest absolute Gasteiger partial charge is 0.0147 e. The predicted molar refractivity (Wildman–Crippen MR) is 69.3 cm³/mol. The molecule has 0 spiro atoms. The Morgan fingerprint density at radius 3 is 2.31 bits per heavy atom. The fourth-order valence-electron chi connectivity index (χ4n) is 1.30. The number of alkyl halides is 1. The topological polar surface area (TPSA) is 26.0 Å². The highest BCUT2D eigenvalue weighted by molar-refractivity contribution is 14.1. The molecule has 0 heterocycles. The van der Waals surface area contributed by atoms with Crippen molar-refractivity contribution in [3.8, 4) is 0 Å². The van der Waals surface area contributed by atoms with Crippen LogP contribution in [0, 0.1) is 11.8 Å². The molecular weight excluding hydrogens is 273 g/mol. The van der Waals surface area contributed by atoms with Crippen molar-refractivity contribution < 1.29 is 0 Å². The summed E-state index contributed by atoms with van der Waals surface area (Å²) in [5.74, 6) is 1.58. The van der Waals surface area contributed by atoms with Crippen LogP contribution in [-0.2, 0) is 0 Å². The largest absolute Gasteiger partial charge is 0.330 e. The van der Waals surface area contributed by atoms with E-state index < -0.39 is 0 Å². The van der Waals surface area contributed by atoms with Gasteiger partial charge in [-0.25, -0.2) is 0 Å². The number of rotatable bonds is 7. The molecule has 0 aromatic rings. The van der Waals surface area contributed by atoms with Crippen LogP contribution < -0.4 is 5.73 Å². The Morgan fingerprint density at radius 1 is 1.23 bits per heavy atom. The van der Waals surface area contributed by atoms with E-state index in [4.69, 9.17) is 5.73 Å². The number of hydrogen-bond acceptors (Lipinski definition) is 1. The van der Waals surface area contributed by atoms with Crippen LogP contribution >= 0.6 is 22.6 Å². The molecule has 0 rings (SSSR count). The highest BCUT2D eigenvalue weighted by Crippen LogP contribution is 2.21. The van der Waals surface area contributed by atoms with E-state index in [9.17, 15) is 0 Å². The third kappa shape index (κ3) is 6.72. The Kier molecular flexibility index (Phi) is 8.46. The van der Waals surface area contributed by atoms with E-state index in [0.717, 1.165) is 16.4 Å². The van der Waals surface area contributed by atoms with Crippen molar-refractivity contribution in [1.82, 2.24) is 0 Å². The Hall–Kier alpha value is 0.690. The zero-order valence-electron chi connectivity index (χ0n) is 9.22. The van der Waals surface area contributed by atoms with Crippen molar-refractivity contribution in [2.24, 2.45) is 17.6 Å². The summed E-state index contributed by atoms with van der Waals surface area (Å²) in [7, 11) is 0. The van der Waals surface area contributed by atoms with Crippen molar-refractivity contribution >= 4 is 22.6 Å². The lowest BCUT2D eigenvalue weighted by atomic mass is 9.98. The third-order valence-corrected chi connectivity index (χ3v) is 4.71. The first kappa shape index (κ1) is 13.7. The van der Waals surface area contributed by atoms with Gasteiger partial charge in [-0.2, -0.15) is 0 Å². The average Bonchev–Trinajstić information content (AvgIpc) is 2.15. The molecule has 2 N–H and O–H groups in total. The molecule has 13 heavy (non-hydrogen) atoms. The first-order valence-electron chi connectivity index (χ1n) is 5.45. The minimum Gasteiger partial charge on any atom is -0.330 e. The summed E-state index contributed by atoms with van der Waals surface area (Å²) in [5, 5.41) is 0. The number of hydrogen-bond donors (Lipinski definition) is 1. The second kappa shape index (κ2) is 8.04. The fourth-order valence-corrected chi connectivity index (χ4v) is 2.03. The molecule has 2 heteroatoms. The van der Waals surface area contributed by atoms with Crippen molar-refractivity contribution in [2.75, 3.05) is 6.54 Å². The monoisotopic (exact) mass is 297 g/mol. The average molecular weight is 297 g/mol. The molecule has 0 saturated carbocycles. The van der Waals surface area contributed by atoms with Gasteiger partial charge in [0.05, 0.1) is 0 Å². The second-order valence-electron chi connectivity index (χ2n) is 4.17. The van der Waals surface area contributed by atoms with Gasteiger partial charge in [0.1, 0.15) is 0 Å². The van der Waals surface area contributed by atoms with E-state index in [0.29, 0.717) is 5.92 Å². The maximum Gasteiger partial charge on any atom is 0.0147 e. The van der Waals surface area contributed by atoms with Crippen LogP contribution in [0.3, 0.4) is 0 Å². The van der Waals surface area contributed by atoms with Crippen molar-refractivity contribution in [3.63, 3.8) is 0 Å². The highest BCUT2D eigenvalue weighted by Gasteiger charge is 2.11. The zero-order valence-corrected chi connectivity index (χ0v) is 11.4. The van der Waals surface area contributed by atoms with E-state index in [1.807, 2.05) is 0 Å². The summed E-state index contributed by atoms with van der Waals surface area (Å²) in [6.07, 6.45) is 5.40. The van der Waals surface area contributed by atoms with E-state index in [1.54, 1.807) is 0 Å². The molecule has 3 unspecified atom stereocenters. The molecule has 80 valence electrons. The summed E-state index contributed by atoms with van der Waals surface area (Å²) >= 11 is 2.55. The lowest BCUT2D eigenvalue weighted by Gasteiger charge is -2.17. The normalized spacial score (nSPS) is 18.2. The molecule has 0 fully saturated rings. The summed E-state index contributed by atoms with van der Waals surface area (Å²) in [4.78, 5) is 0. The maximum absolute atomic E-state index is 5.63. The minimum absolute atomic E-state index is 0.678. The fraction of sp³-hybridized carbons (Fsp3) is 1.00. The van der Waals surface area contributed by atoms with Crippen LogP contribution in [0.1, 0.15) is 46.5 Å². The van der Waals surface area contributed by atoms with Crippen LogP contribution in [0.15, 0.2) is 0 Å². The molecule has 0 aliphatic rings. The van der Waals surface area contributed by atoms with Gasteiger partial charge in [0.15, 0.2) is 0 Å². The Morgan fingerprint density at radius 2 is 1.85 bits per heavy atom. The summed E-state index contributed by atoms with van der Waals surface area (Å²) in [6, 6.07) is 0. The Balaban J connectivity index is 3.41. The first-order chi connectivity index (χ1) is 6.11. The lowest BCUT2D eigenvalue weighted by molar-refractivity contribution is 0.459. The van der Waals surface area contributed by atoms with Gasteiger partial charge in [0.2, 0.25) is 0 Å². The van der Waals surface area contributed by atoms with Crippen LogP contribution in [0.5, 0.6) is 0 Å². The van der Waals surface area contributed by atoms with Gasteiger partial charge in [-0.15, -0.1) is 0 Å². The SMILES string of the molecule is CCC(C)CCCC(I)C(C)CN. The van der Waals surface area contributed by atoms with Gasteiger partial charge in [-0.3, -0.25) is 0 Å². The number of halogens is 1. The highest BCUT2D eigenvalue weighted by atomic mass is 127. The molecule has 0 amide bonds. The van der Waals surface area contributed by atoms with Gasteiger partial charge < -0.3 is 5.73 Å². The van der Waals surface area contributed by atoms with Crippen molar-refractivity contribution in [2.45, 2.75) is 50.4 Å². The molecule has 0 bridgehead atoms. The van der Waals surface area contributed by atoms with Crippen LogP contribution in [0.4, 0.5) is 0 Å². The van der Waals surface area contributed by atoms with Gasteiger partial charge >= 0.3 is 0 Å². The van der Waals surface area contributed by atoms with Gasteiger partial charge in [0.25, 0.3) is 0 Å². The molecule has 1 nitrogen and oxygen atoms in total. The van der Waals surface area contributed by atoms with E-state index >= 15 is 0 Å². The van der Waals surface area contributed by atoms with E-state index in [2.05, 4.69) is 43.4 Å². The third-order valence-electron chi connectivity index (χ3n) is 2.86. The van der Waals surface area contributed by atoms with Gasteiger partial charge in [-0.1, -0.05) is 62.6 Å². The molecule has 0 aliphatic heterocycles. The first-order valence-corrected chi connectivity index (χ1v) is 6.70. The lowest BCUT2D eigenvalue weighted by Crippen LogP contribution is -2.20. The predicted octanol–water partition coefficient (Wildman–Crippen LogP) is 3.60. The summed E-state index contributed by atoms with van der Waals surface area (Å²) in [6.45, 7) is 7.70. The van der Waals surface area contributed by atoms with Gasteiger partial charge in [0, 0.05) is 3.92 Å². The van der Waals surface area contributed by atoms with E-state index in [1.165, 1.54) is 25.7 Å². The molecular formula is C11H24IN. The quantitative estimate of drug-likeness (QED) is 0.564. The summed E-state index contributed by atoms with van der Waals surface area (Å²) < 4.78 is 0.770. The minimum atomic E-state index is 0.678. The molecule has 0 aromatic carbocycles. The summed E-state index contributed by atoms with van der Waals surface area (Å²) in [5.41, 5.74) is 5.63. The zero-order chi connectivity index (χ0) is 10.3. The van der Waals surface area contributed by atoms with Crippen LogP contribution in [-0.4, -0.2) is 10.5 Å². The Labute approximate surface area is 97.0 Å². The molecule has 3 atom stereocenters. The Bertz CT molecular complexity index is 117. The van der Waals surface area contributed by atoms with Crippen LogP contribution in [0.2, 0.25) is 0 Å². The van der Waals surface area contributed by atoms with Crippen LogP contribution in [0.25, 0.3) is 0 Å². The van der Waals surface area contributed by atoms with Crippen molar-refractivity contribution in [3.05, 3.63) is 0 Å². The van der Waals surface area contributed by atoms with Gasteiger partial charge in [-0.05, 0) is 24.8 Å². The van der Waals surface area contributed by atoms with E-state index in [-0.39, 0.29) is 0 Å². The molecule has 0 aromatic heterocycles. The molecule has 0 radical (unpaired) electrons. The molecule has 0 aliphatic carbocycles. The second-order valence-corrected chi connectivity index (χ2v) is 5.77. The van der Waals surface area contributed by atoms with Crippen molar-refractivity contribution in [1.29, 1.82) is 0 Å².